The molecular weight excluding hydrogens is 456 g/mol. The Hall–Kier alpha value is -4.10. The van der Waals surface area contributed by atoms with Crippen molar-refractivity contribution in [3.63, 3.8) is 0 Å². The molecule has 7 heteroatoms. The van der Waals surface area contributed by atoms with Crippen LogP contribution in [0.25, 0.3) is 11.5 Å². The van der Waals surface area contributed by atoms with Crippen molar-refractivity contribution in [2.24, 2.45) is 5.73 Å². The van der Waals surface area contributed by atoms with Gasteiger partial charge in [-0.15, -0.1) is 0 Å². The van der Waals surface area contributed by atoms with Crippen molar-refractivity contribution in [2.75, 3.05) is 6.61 Å². The van der Waals surface area contributed by atoms with Crippen LogP contribution in [-0.2, 0) is 16.0 Å². The van der Waals surface area contributed by atoms with Crippen LogP contribution in [0.2, 0.25) is 0 Å². The lowest BCUT2D eigenvalue weighted by Gasteiger charge is -2.14. The molecule has 0 aliphatic carbocycles. The molecule has 0 bridgehead atoms. The van der Waals surface area contributed by atoms with Crippen LogP contribution in [-0.4, -0.2) is 23.7 Å². The van der Waals surface area contributed by atoms with Gasteiger partial charge in [-0.3, -0.25) is 0 Å². The largest absolute Gasteiger partial charge is 0.493 e. The van der Waals surface area contributed by atoms with Gasteiger partial charge >= 0.3 is 5.97 Å². The van der Waals surface area contributed by atoms with E-state index in [4.69, 9.17) is 24.4 Å². The maximum absolute atomic E-state index is 12.1. The van der Waals surface area contributed by atoms with Crippen LogP contribution in [0.15, 0.2) is 77.2 Å². The predicted molar refractivity (Wildman–Crippen MR) is 136 cm³/mol. The average Bonchev–Trinajstić information content (AvgIpc) is 3.24. The van der Waals surface area contributed by atoms with Gasteiger partial charge in [0.1, 0.15) is 29.1 Å². The van der Waals surface area contributed by atoms with E-state index in [9.17, 15) is 4.79 Å². The number of carbonyl (C=O) groups excluding carboxylic acids is 1. The van der Waals surface area contributed by atoms with Crippen LogP contribution in [0.3, 0.4) is 0 Å². The van der Waals surface area contributed by atoms with Crippen molar-refractivity contribution in [1.82, 2.24) is 4.98 Å². The first-order chi connectivity index (χ1) is 17.4. The minimum atomic E-state index is -0.916. The Morgan fingerprint density at radius 2 is 1.72 bits per heavy atom. The van der Waals surface area contributed by atoms with Crippen LogP contribution in [0, 0.1) is 13.0 Å². The molecular formula is C29H29N2O5. The van der Waals surface area contributed by atoms with E-state index in [0.717, 1.165) is 28.5 Å². The van der Waals surface area contributed by atoms with Crippen LogP contribution < -0.4 is 15.2 Å². The first kappa shape index (κ1) is 25.0. The van der Waals surface area contributed by atoms with Crippen LogP contribution >= 0.6 is 0 Å². The Bertz CT molecular complexity index is 1280. The molecule has 1 aromatic heterocycles. The number of aryl methyl sites for hydroxylation is 1. The van der Waals surface area contributed by atoms with Gasteiger partial charge in [0.25, 0.3) is 0 Å². The lowest BCUT2D eigenvalue weighted by atomic mass is 10.1. The lowest BCUT2D eigenvalue weighted by molar-refractivity contribution is -0.149. The number of nitrogens with two attached hydrogens (primary N) is 1. The van der Waals surface area contributed by atoms with Gasteiger partial charge in [0, 0.05) is 18.1 Å². The fourth-order valence-corrected chi connectivity index (χ4v) is 3.49. The molecule has 185 valence electrons. The number of oxazole rings is 1. The molecule has 1 unspecified atom stereocenters. The third-order valence-electron chi connectivity index (χ3n) is 5.30. The minimum Gasteiger partial charge on any atom is -0.493 e. The summed E-state index contributed by atoms with van der Waals surface area (Å²) in [6.07, 6.45) is 0.309. The SMILES string of the molecule is Cc1oc(-c2ccc(Oc3ccccc3)cc2)nc1CCOc1[c]c(C(N)C(=O)OC(C)C)ccc1. The second kappa shape index (κ2) is 11.6. The van der Waals surface area contributed by atoms with Crippen molar-refractivity contribution < 1.29 is 23.4 Å². The fourth-order valence-electron chi connectivity index (χ4n) is 3.49. The summed E-state index contributed by atoms with van der Waals surface area (Å²) in [5.41, 5.74) is 8.19. The van der Waals surface area contributed by atoms with Crippen molar-refractivity contribution in [1.29, 1.82) is 0 Å². The number of hydrogen-bond acceptors (Lipinski definition) is 7. The molecule has 1 atom stereocenters. The smallest absolute Gasteiger partial charge is 0.327 e. The van der Waals surface area contributed by atoms with E-state index >= 15 is 0 Å². The van der Waals surface area contributed by atoms with Gasteiger partial charge < -0.3 is 24.4 Å². The predicted octanol–water partition coefficient (Wildman–Crippen LogP) is 5.82. The zero-order chi connectivity index (χ0) is 25.5. The monoisotopic (exact) mass is 485 g/mol. The number of hydrogen-bond donors (Lipinski definition) is 1. The van der Waals surface area contributed by atoms with Gasteiger partial charge in [0.2, 0.25) is 5.89 Å². The third-order valence-corrected chi connectivity index (χ3v) is 5.30. The quantitative estimate of drug-likeness (QED) is 0.283. The number of ether oxygens (including phenoxy) is 3. The number of nitrogens with zero attached hydrogens (tertiary/aromatic N) is 1. The first-order valence-corrected chi connectivity index (χ1v) is 11.8. The Balaban J connectivity index is 1.34. The lowest BCUT2D eigenvalue weighted by Crippen LogP contribution is -2.26. The molecule has 2 N–H and O–H groups in total. The standard InChI is InChI=1S/C29H29N2O5/c1-19(2)34-29(32)27(30)22-8-7-11-25(18-22)33-17-16-26-20(3)35-28(31-26)21-12-14-24(15-13-21)36-23-9-5-4-6-10-23/h4-15,19,27H,16-17,30H2,1-3H3. The summed E-state index contributed by atoms with van der Waals surface area (Å²) < 4.78 is 22.8. The van der Waals surface area contributed by atoms with Crippen molar-refractivity contribution in [3.05, 3.63) is 95.9 Å². The molecule has 1 radical (unpaired) electrons. The molecule has 3 aromatic carbocycles. The second-order valence-electron chi connectivity index (χ2n) is 8.49. The fraction of sp³-hybridized carbons (Fsp3) is 0.241. The van der Waals surface area contributed by atoms with Crippen molar-refractivity contribution in [3.8, 4) is 28.7 Å². The van der Waals surface area contributed by atoms with Gasteiger partial charge in [-0.2, -0.15) is 0 Å². The molecule has 0 amide bonds. The van der Waals surface area contributed by atoms with E-state index in [1.165, 1.54) is 0 Å². The first-order valence-electron chi connectivity index (χ1n) is 11.8. The summed E-state index contributed by atoms with van der Waals surface area (Å²) in [6, 6.07) is 24.6. The number of benzene rings is 3. The van der Waals surface area contributed by atoms with Gasteiger partial charge in [0.15, 0.2) is 0 Å². The zero-order valence-corrected chi connectivity index (χ0v) is 20.6. The summed E-state index contributed by atoms with van der Waals surface area (Å²) in [5.74, 6) is 2.78. The highest BCUT2D eigenvalue weighted by molar-refractivity contribution is 5.77. The highest BCUT2D eigenvalue weighted by Crippen LogP contribution is 2.27. The molecule has 0 aliphatic rings. The van der Waals surface area contributed by atoms with E-state index in [2.05, 4.69) is 11.1 Å². The van der Waals surface area contributed by atoms with Crippen molar-refractivity contribution in [2.45, 2.75) is 39.3 Å². The number of aromatic nitrogens is 1. The van der Waals surface area contributed by atoms with Gasteiger partial charge in [-0.05, 0) is 68.8 Å². The molecule has 4 aromatic rings. The average molecular weight is 486 g/mol. The molecule has 0 saturated heterocycles. The molecule has 0 saturated carbocycles. The van der Waals surface area contributed by atoms with Crippen LogP contribution in [0.4, 0.5) is 0 Å². The Kier molecular flexibility index (Phi) is 8.02. The number of para-hydroxylation sites is 1. The Labute approximate surface area is 210 Å². The topological polar surface area (TPSA) is 96.8 Å². The highest BCUT2D eigenvalue weighted by Gasteiger charge is 2.19. The van der Waals surface area contributed by atoms with Crippen LogP contribution in [0.1, 0.15) is 36.9 Å². The van der Waals surface area contributed by atoms with E-state index in [1.54, 1.807) is 32.0 Å². The van der Waals surface area contributed by atoms with E-state index in [1.807, 2.05) is 61.5 Å². The van der Waals surface area contributed by atoms with E-state index < -0.39 is 12.0 Å². The summed E-state index contributed by atoms with van der Waals surface area (Å²) >= 11 is 0. The normalized spacial score (nSPS) is 11.8. The molecule has 1 heterocycles. The summed E-state index contributed by atoms with van der Waals surface area (Å²) in [5, 5.41) is 0. The maximum atomic E-state index is 12.1. The summed E-state index contributed by atoms with van der Waals surface area (Å²) in [7, 11) is 0. The maximum Gasteiger partial charge on any atom is 0.327 e. The molecule has 0 spiro atoms. The number of esters is 1. The zero-order valence-electron chi connectivity index (χ0n) is 20.6. The van der Waals surface area contributed by atoms with Gasteiger partial charge in [-0.25, -0.2) is 9.78 Å². The molecule has 0 aliphatic heterocycles. The second-order valence-corrected chi connectivity index (χ2v) is 8.49. The molecule has 4 rings (SSSR count). The van der Waals surface area contributed by atoms with Crippen molar-refractivity contribution >= 4 is 5.97 Å². The molecule has 7 nitrogen and oxygen atoms in total. The van der Waals surface area contributed by atoms with Gasteiger partial charge in [0.05, 0.1) is 18.4 Å². The number of rotatable bonds is 10. The number of carbonyl (C=O) groups is 1. The summed E-state index contributed by atoms with van der Waals surface area (Å²) in [6.45, 7) is 5.80. The van der Waals surface area contributed by atoms with E-state index in [-0.39, 0.29) is 6.10 Å². The van der Waals surface area contributed by atoms with Crippen LogP contribution in [0.5, 0.6) is 17.2 Å². The Morgan fingerprint density at radius 1 is 1.00 bits per heavy atom. The third kappa shape index (κ3) is 6.52. The highest BCUT2D eigenvalue weighted by atomic mass is 16.5. The minimum absolute atomic E-state index is 0.237. The van der Waals surface area contributed by atoms with E-state index in [0.29, 0.717) is 30.2 Å². The molecule has 0 fully saturated rings. The van der Waals surface area contributed by atoms with Gasteiger partial charge in [-0.1, -0.05) is 30.3 Å². The Morgan fingerprint density at radius 3 is 2.44 bits per heavy atom. The summed E-state index contributed by atoms with van der Waals surface area (Å²) in [4.78, 5) is 16.7. The molecule has 36 heavy (non-hydrogen) atoms.